The number of hydrogen-bond donors (Lipinski definition) is 0. The molecule has 1 aliphatic heterocycles. The van der Waals surface area contributed by atoms with Gasteiger partial charge in [-0.3, -0.25) is 9.59 Å². The molecule has 1 aromatic heterocycles. The Kier molecular flexibility index (Phi) is 3.89. The van der Waals surface area contributed by atoms with Crippen LogP contribution in [0.5, 0.6) is 0 Å². The van der Waals surface area contributed by atoms with E-state index in [1.807, 2.05) is 13.8 Å². The zero-order valence-corrected chi connectivity index (χ0v) is 16.3. The Hall–Kier alpha value is -1.62. The van der Waals surface area contributed by atoms with E-state index in [2.05, 4.69) is 20.8 Å². The number of Topliss-reactive ketones (excluding diaryl/α,β-unsaturated/α-hetero) is 1. The zero-order chi connectivity index (χ0) is 18.9. The number of rotatable bonds is 4. The van der Waals surface area contributed by atoms with Gasteiger partial charge >= 0.3 is 5.97 Å². The predicted octanol–water partition coefficient (Wildman–Crippen LogP) is 4.38. The number of carbonyl (C=O) groups is 2. The van der Waals surface area contributed by atoms with Gasteiger partial charge in [0.05, 0.1) is 17.8 Å². The molecule has 0 bridgehead atoms. The highest BCUT2D eigenvalue weighted by Crippen LogP contribution is 2.69. The minimum Gasteiger partial charge on any atom is -0.460 e. The van der Waals surface area contributed by atoms with E-state index in [0.29, 0.717) is 12.2 Å². The first-order valence-corrected chi connectivity index (χ1v) is 9.77. The van der Waals surface area contributed by atoms with Gasteiger partial charge in [-0.1, -0.05) is 34.1 Å². The Labute approximate surface area is 154 Å². The molecular weight excluding hydrogens is 332 g/mol. The van der Waals surface area contributed by atoms with Crippen LogP contribution in [0.15, 0.2) is 10.7 Å². The van der Waals surface area contributed by atoms with Gasteiger partial charge < -0.3 is 13.9 Å². The van der Waals surface area contributed by atoms with E-state index < -0.39 is 17.1 Å². The first-order chi connectivity index (χ1) is 12.3. The molecule has 3 aliphatic rings. The summed E-state index contributed by atoms with van der Waals surface area (Å²) in [6.07, 6.45) is 4.13. The van der Waals surface area contributed by atoms with Gasteiger partial charge in [0.25, 0.3) is 0 Å². The van der Waals surface area contributed by atoms with Crippen molar-refractivity contribution in [2.75, 3.05) is 0 Å². The summed E-state index contributed by atoms with van der Waals surface area (Å²) in [6, 6.07) is 0. The van der Waals surface area contributed by atoms with E-state index in [9.17, 15) is 9.59 Å². The molecule has 0 N–H and O–H groups in total. The minimum atomic E-state index is -0.900. The maximum atomic E-state index is 13.3. The molecule has 142 valence electrons. The maximum absolute atomic E-state index is 13.3. The molecule has 0 amide bonds. The molecule has 2 heterocycles. The van der Waals surface area contributed by atoms with Gasteiger partial charge in [-0.15, -0.1) is 0 Å². The minimum absolute atomic E-state index is 0.0751. The fourth-order valence-corrected chi connectivity index (χ4v) is 5.10. The van der Waals surface area contributed by atoms with E-state index in [4.69, 9.17) is 13.9 Å². The number of epoxide rings is 1. The van der Waals surface area contributed by atoms with Gasteiger partial charge in [-0.2, -0.15) is 0 Å². The van der Waals surface area contributed by atoms with E-state index in [0.717, 1.165) is 30.4 Å². The first-order valence-electron chi connectivity index (χ1n) is 9.77. The fourth-order valence-electron chi connectivity index (χ4n) is 5.10. The maximum Gasteiger partial charge on any atom is 0.306 e. The highest BCUT2D eigenvalue weighted by atomic mass is 16.6. The monoisotopic (exact) mass is 360 g/mol. The smallest absolute Gasteiger partial charge is 0.306 e. The third kappa shape index (κ3) is 2.07. The van der Waals surface area contributed by atoms with Gasteiger partial charge in [-0.05, 0) is 37.2 Å². The number of ether oxygens (including phenoxy) is 2. The molecule has 26 heavy (non-hydrogen) atoms. The molecule has 6 atom stereocenters. The summed E-state index contributed by atoms with van der Waals surface area (Å²) in [5.74, 6) is 0.505. The quantitative estimate of drug-likeness (QED) is 0.589. The Balaban J connectivity index is 1.79. The number of ketones is 1. The van der Waals surface area contributed by atoms with Crippen molar-refractivity contribution in [3.05, 3.63) is 23.2 Å². The number of hydrogen-bond acceptors (Lipinski definition) is 5. The molecule has 1 saturated carbocycles. The van der Waals surface area contributed by atoms with Crippen LogP contribution in [0.4, 0.5) is 0 Å². The van der Waals surface area contributed by atoms with Gasteiger partial charge in [0.15, 0.2) is 11.4 Å². The molecule has 5 nitrogen and oxygen atoms in total. The SMILES string of the molecule is CC[C@H](C)CC(=O)O[C@@H]1c2c(C)coc2C(=O)[C@]23O[C@H]2CC[C@@H](C)[C@]13C. The molecule has 0 unspecified atom stereocenters. The standard InChI is InChI=1S/C21H28O5/c1-6-11(2)9-15(22)25-19-16-12(3)10-24-17(16)18(23)21-14(26-21)8-7-13(4)20(19,21)5/h10-11,13-14,19H,6-9H2,1-5H3/t11-,13+,14-,19+,20+,21+/m0/s1. The highest BCUT2D eigenvalue weighted by Gasteiger charge is 2.80. The second-order valence-corrected chi connectivity index (χ2v) is 8.68. The Morgan fingerprint density at radius 3 is 2.85 bits per heavy atom. The van der Waals surface area contributed by atoms with Gasteiger partial charge in [0, 0.05) is 12.0 Å². The number of aryl methyl sites for hydroxylation is 1. The van der Waals surface area contributed by atoms with Crippen molar-refractivity contribution >= 4 is 11.8 Å². The van der Waals surface area contributed by atoms with Crippen LogP contribution in [0, 0.1) is 24.2 Å². The number of fused-ring (bicyclic) bond motifs is 1. The molecular formula is C21H28O5. The van der Waals surface area contributed by atoms with Crippen molar-refractivity contribution < 1.29 is 23.5 Å². The number of esters is 1. The molecule has 4 rings (SSSR count). The summed E-state index contributed by atoms with van der Waals surface area (Å²) in [5, 5.41) is 0. The topological polar surface area (TPSA) is 69.0 Å². The normalized spacial score (nSPS) is 38.8. The Bertz CT molecular complexity index is 764. The van der Waals surface area contributed by atoms with Crippen molar-refractivity contribution in [2.45, 2.75) is 78.1 Å². The molecule has 0 radical (unpaired) electrons. The molecule has 1 saturated heterocycles. The van der Waals surface area contributed by atoms with Crippen LogP contribution in [-0.4, -0.2) is 23.5 Å². The van der Waals surface area contributed by atoms with Crippen LogP contribution in [0.25, 0.3) is 0 Å². The average molecular weight is 360 g/mol. The summed E-state index contributed by atoms with van der Waals surface area (Å²) in [4.78, 5) is 25.9. The van der Waals surface area contributed by atoms with Crippen LogP contribution >= 0.6 is 0 Å². The molecule has 1 aromatic rings. The molecule has 0 aromatic carbocycles. The van der Waals surface area contributed by atoms with E-state index in [1.165, 1.54) is 0 Å². The number of furan rings is 1. The second kappa shape index (κ2) is 5.69. The van der Waals surface area contributed by atoms with E-state index in [1.54, 1.807) is 6.26 Å². The van der Waals surface area contributed by atoms with Crippen LogP contribution in [0.2, 0.25) is 0 Å². The zero-order valence-electron chi connectivity index (χ0n) is 16.3. The van der Waals surface area contributed by atoms with Crippen molar-refractivity contribution in [3.8, 4) is 0 Å². The van der Waals surface area contributed by atoms with Gasteiger partial charge in [0.1, 0.15) is 6.10 Å². The third-order valence-corrected chi connectivity index (χ3v) is 7.24. The van der Waals surface area contributed by atoms with Crippen molar-refractivity contribution in [3.63, 3.8) is 0 Å². The lowest BCUT2D eigenvalue weighted by atomic mass is 9.53. The molecule has 5 heteroatoms. The van der Waals surface area contributed by atoms with Crippen molar-refractivity contribution in [1.29, 1.82) is 0 Å². The van der Waals surface area contributed by atoms with Crippen molar-refractivity contribution in [2.24, 2.45) is 17.3 Å². The fraction of sp³-hybridized carbons (Fsp3) is 0.714. The van der Waals surface area contributed by atoms with Gasteiger partial charge in [0.2, 0.25) is 5.78 Å². The first kappa shape index (κ1) is 17.8. The summed E-state index contributed by atoms with van der Waals surface area (Å²) >= 11 is 0. The lowest BCUT2D eigenvalue weighted by Crippen LogP contribution is -2.57. The highest BCUT2D eigenvalue weighted by molar-refractivity contribution is 6.06. The number of carbonyl (C=O) groups excluding carboxylic acids is 2. The Morgan fingerprint density at radius 1 is 1.42 bits per heavy atom. The van der Waals surface area contributed by atoms with Crippen LogP contribution in [0.1, 0.15) is 81.2 Å². The lowest BCUT2D eigenvalue weighted by molar-refractivity contribution is -0.166. The summed E-state index contributed by atoms with van der Waals surface area (Å²) in [6.45, 7) is 10.2. The Morgan fingerprint density at radius 2 is 2.15 bits per heavy atom. The largest absolute Gasteiger partial charge is 0.460 e. The van der Waals surface area contributed by atoms with Crippen LogP contribution < -0.4 is 0 Å². The molecule has 1 spiro atoms. The summed E-state index contributed by atoms with van der Waals surface area (Å²) in [7, 11) is 0. The summed E-state index contributed by atoms with van der Waals surface area (Å²) < 4.78 is 17.7. The van der Waals surface area contributed by atoms with Crippen LogP contribution in [-0.2, 0) is 14.3 Å². The van der Waals surface area contributed by atoms with E-state index in [-0.39, 0.29) is 29.7 Å². The predicted molar refractivity (Wildman–Crippen MR) is 94.8 cm³/mol. The van der Waals surface area contributed by atoms with E-state index >= 15 is 0 Å². The second-order valence-electron chi connectivity index (χ2n) is 8.68. The van der Waals surface area contributed by atoms with Crippen LogP contribution in [0.3, 0.4) is 0 Å². The lowest BCUT2D eigenvalue weighted by Gasteiger charge is -2.49. The molecule has 2 aliphatic carbocycles. The third-order valence-electron chi connectivity index (χ3n) is 7.24. The molecule has 2 fully saturated rings. The van der Waals surface area contributed by atoms with Crippen molar-refractivity contribution in [1.82, 2.24) is 0 Å². The summed E-state index contributed by atoms with van der Waals surface area (Å²) in [5.41, 5.74) is 0.132. The average Bonchev–Trinajstić information content (AvgIpc) is 3.24. The van der Waals surface area contributed by atoms with Gasteiger partial charge in [-0.25, -0.2) is 0 Å².